The third-order valence-electron chi connectivity index (χ3n) is 4.42. The number of hydrogen-bond acceptors (Lipinski definition) is 6. The maximum absolute atomic E-state index is 13.0. The Labute approximate surface area is 159 Å². The van der Waals surface area contributed by atoms with Crippen molar-refractivity contribution in [3.8, 4) is 0 Å². The minimum absolute atomic E-state index is 0. The number of rotatable bonds is 4. The van der Waals surface area contributed by atoms with Gasteiger partial charge in [-0.1, -0.05) is 0 Å². The van der Waals surface area contributed by atoms with Crippen LogP contribution in [-0.2, 0) is 14.8 Å². The standard InChI is InChI=1S/C17H22N2O5S.ClH/c1-4-23-17(20)16-12(3)14-9-13(5-6-15(14)24-16)25(21,22)19-8-7-18-10-11(19)2;/h5-6,9,11,18H,4,7-8,10H2,1-3H3;1H. The molecule has 1 atom stereocenters. The quantitative estimate of drug-likeness (QED) is 0.789. The zero-order valence-electron chi connectivity index (χ0n) is 14.9. The summed E-state index contributed by atoms with van der Waals surface area (Å²) in [4.78, 5) is 12.2. The summed E-state index contributed by atoms with van der Waals surface area (Å²) >= 11 is 0. The Kier molecular flexibility index (Phi) is 6.33. The first-order chi connectivity index (χ1) is 11.9. The van der Waals surface area contributed by atoms with E-state index in [4.69, 9.17) is 9.15 Å². The van der Waals surface area contributed by atoms with Crippen LogP contribution in [0.3, 0.4) is 0 Å². The molecule has 3 rings (SSSR count). The number of aryl methyl sites for hydroxylation is 1. The van der Waals surface area contributed by atoms with Crippen LogP contribution in [0, 0.1) is 6.92 Å². The van der Waals surface area contributed by atoms with Gasteiger partial charge in [-0.25, -0.2) is 13.2 Å². The van der Waals surface area contributed by atoms with E-state index < -0.39 is 16.0 Å². The fourth-order valence-corrected chi connectivity index (χ4v) is 4.72. The number of nitrogens with zero attached hydrogens (tertiary/aromatic N) is 1. The molecule has 1 aromatic carbocycles. The van der Waals surface area contributed by atoms with Crippen LogP contribution in [-0.4, -0.2) is 51.0 Å². The number of nitrogens with one attached hydrogen (secondary N) is 1. The van der Waals surface area contributed by atoms with Crippen LogP contribution in [0.2, 0.25) is 0 Å². The van der Waals surface area contributed by atoms with Crippen molar-refractivity contribution in [2.45, 2.75) is 31.7 Å². The lowest BCUT2D eigenvalue weighted by Crippen LogP contribution is -2.52. The predicted octanol–water partition coefficient (Wildman–Crippen LogP) is 2.32. The van der Waals surface area contributed by atoms with E-state index >= 15 is 0 Å². The molecule has 0 amide bonds. The number of furan rings is 1. The Morgan fingerprint density at radius 3 is 2.81 bits per heavy atom. The normalized spacial score (nSPS) is 18.5. The lowest BCUT2D eigenvalue weighted by Gasteiger charge is -2.32. The minimum Gasteiger partial charge on any atom is -0.460 e. The van der Waals surface area contributed by atoms with Crippen molar-refractivity contribution in [1.82, 2.24) is 9.62 Å². The van der Waals surface area contributed by atoms with Gasteiger partial charge < -0.3 is 14.5 Å². The van der Waals surface area contributed by atoms with Gasteiger partial charge in [-0.05, 0) is 39.0 Å². The van der Waals surface area contributed by atoms with Gasteiger partial charge in [0.15, 0.2) is 0 Å². The van der Waals surface area contributed by atoms with E-state index in [0.717, 1.165) is 0 Å². The monoisotopic (exact) mass is 402 g/mol. The van der Waals surface area contributed by atoms with Crippen molar-refractivity contribution in [2.75, 3.05) is 26.2 Å². The Morgan fingerprint density at radius 2 is 2.15 bits per heavy atom. The Balaban J connectivity index is 0.00000243. The lowest BCUT2D eigenvalue weighted by molar-refractivity contribution is 0.0491. The van der Waals surface area contributed by atoms with E-state index in [9.17, 15) is 13.2 Å². The summed E-state index contributed by atoms with van der Waals surface area (Å²) < 4.78 is 38.0. The summed E-state index contributed by atoms with van der Waals surface area (Å²) in [5, 5.41) is 3.79. The number of sulfonamides is 1. The van der Waals surface area contributed by atoms with Crippen LogP contribution < -0.4 is 5.32 Å². The van der Waals surface area contributed by atoms with Gasteiger partial charge in [-0.3, -0.25) is 0 Å². The van der Waals surface area contributed by atoms with Crippen LogP contribution in [0.25, 0.3) is 11.0 Å². The Bertz CT molecular complexity index is 909. The molecule has 1 aliphatic heterocycles. The molecule has 1 aliphatic rings. The van der Waals surface area contributed by atoms with Crippen molar-refractivity contribution >= 4 is 39.4 Å². The number of carbonyl (C=O) groups excluding carboxylic acids is 1. The molecule has 1 N–H and O–H groups in total. The summed E-state index contributed by atoms with van der Waals surface area (Å²) in [5.74, 6) is -0.432. The average molecular weight is 403 g/mol. The highest BCUT2D eigenvalue weighted by Gasteiger charge is 2.31. The van der Waals surface area contributed by atoms with Crippen molar-refractivity contribution < 1.29 is 22.4 Å². The van der Waals surface area contributed by atoms with Gasteiger partial charge in [0.2, 0.25) is 15.8 Å². The van der Waals surface area contributed by atoms with Crippen molar-refractivity contribution in [1.29, 1.82) is 0 Å². The molecule has 26 heavy (non-hydrogen) atoms. The molecule has 1 saturated heterocycles. The van der Waals surface area contributed by atoms with Crippen molar-refractivity contribution in [2.24, 2.45) is 0 Å². The third-order valence-corrected chi connectivity index (χ3v) is 6.42. The number of esters is 1. The second-order valence-corrected chi connectivity index (χ2v) is 7.99. The molecule has 0 spiro atoms. The molecule has 2 heterocycles. The van der Waals surface area contributed by atoms with E-state index in [-0.39, 0.29) is 35.7 Å². The van der Waals surface area contributed by atoms with Gasteiger partial charge in [0.25, 0.3) is 0 Å². The van der Waals surface area contributed by atoms with Crippen LogP contribution in [0.4, 0.5) is 0 Å². The highest BCUT2D eigenvalue weighted by molar-refractivity contribution is 7.89. The topological polar surface area (TPSA) is 88.8 Å². The number of hydrogen-bond donors (Lipinski definition) is 1. The molecule has 144 valence electrons. The first-order valence-electron chi connectivity index (χ1n) is 8.29. The highest BCUT2D eigenvalue weighted by atomic mass is 35.5. The highest BCUT2D eigenvalue weighted by Crippen LogP contribution is 2.30. The molecule has 0 aliphatic carbocycles. The zero-order valence-corrected chi connectivity index (χ0v) is 16.6. The van der Waals surface area contributed by atoms with Gasteiger partial charge in [-0.15, -0.1) is 12.4 Å². The molecule has 1 unspecified atom stereocenters. The lowest BCUT2D eigenvalue weighted by atomic mass is 10.1. The first kappa shape index (κ1) is 20.7. The van der Waals surface area contributed by atoms with Crippen molar-refractivity contribution in [3.63, 3.8) is 0 Å². The van der Waals surface area contributed by atoms with Gasteiger partial charge in [0, 0.05) is 36.6 Å². The maximum Gasteiger partial charge on any atom is 0.374 e. The number of benzene rings is 1. The average Bonchev–Trinajstić information content (AvgIpc) is 2.92. The van der Waals surface area contributed by atoms with Crippen molar-refractivity contribution in [3.05, 3.63) is 29.5 Å². The molecule has 7 nitrogen and oxygen atoms in total. The maximum atomic E-state index is 13.0. The fraction of sp³-hybridized carbons (Fsp3) is 0.471. The summed E-state index contributed by atoms with van der Waals surface area (Å²) in [5.41, 5.74) is 1.05. The van der Waals surface area contributed by atoms with E-state index in [1.165, 1.54) is 10.4 Å². The summed E-state index contributed by atoms with van der Waals surface area (Å²) in [6.07, 6.45) is 0. The third kappa shape index (κ3) is 3.59. The second-order valence-electron chi connectivity index (χ2n) is 6.10. The summed E-state index contributed by atoms with van der Waals surface area (Å²) in [6, 6.07) is 4.56. The predicted molar refractivity (Wildman–Crippen MR) is 100 cm³/mol. The van der Waals surface area contributed by atoms with Gasteiger partial charge in [0.1, 0.15) is 5.58 Å². The molecular formula is C17H23ClN2O5S. The molecule has 0 bridgehead atoms. The molecule has 1 fully saturated rings. The first-order valence-corrected chi connectivity index (χ1v) is 9.73. The smallest absolute Gasteiger partial charge is 0.374 e. The van der Waals surface area contributed by atoms with E-state index in [2.05, 4.69) is 5.32 Å². The van der Waals surface area contributed by atoms with Crippen LogP contribution in [0.5, 0.6) is 0 Å². The molecule has 2 aromatic rings. The number of carbonyl (C=O) groups is 1. The second kappa shape index (κ2) is 7.96. The number of fused-ring (bicyclic) bond motifs is 1. The molecular weight excluding hydrogens is 380 g/mol. The SMILES string of the molecule is CCOC(=O)c1oc2ccc(S(=O)(=O)N3CCNCC3C)cc2c1C.Cl. The van der Waals surface area contributed by atoms with Crippen LogP contribution >= 0.6 is 12.4 Å². The largest absolute Gasteiger partial charge is 0.460 e. The van der Waals surface area contributed by atoms with Gasteiger partial charge in [-0.2, -0.15) is 4.31 Å². The van der Waals surface area contributed by atoms with E-state index in [0.29, 0.717) is 36.2 Å². The van der Waals surface area contributed by atoms with Gasteiger partial charge >= 0.3 is 5.97 Å². The zero-order chi connectivity index (χ0) is 18.2. The van der Waals surface area contributed by atoms with Gasteiger partial charge in [0.05, 0.1) is 11.5 Å². The number of halogens is 1. The van der Waals surface area contributed by atoms with Crippen LogP contribution in [0.1, 0.15) is 30.0 Å². The summed E-state index contributed by atoms with van der Waals surface area (Å²) in [6.45, 7) is 7.25. The fourth-order valence-electron chi connectivity index (χ4n) is 3.07. The Hall–Kier alpha value is -1.61. The number of ether oxygens (including phenoxy) is 1. The summed E-state index contributed by atoms with van der Waals surface area (Å²) in [7, 11) is -3.61. The number of piperazine rings is 1. The Morgan fingerprint density at radius 1 is 1.42 bits per heavy atom. The minimum atomic E-state index is -3.61. The van der Waals surface area contributed by atoms with Crippen LogP contribution in [0.15, 0.2) is 27.5 Å². The molecule has 0 saturated carbocycles. The molecule has 9 heteroatoms. The van der Waals surface area contributed by atoms with E-state index in [1.54, 1.807) is 26.0 Å². The molecule has 1 aromatic heterocycles. The van der Waals surface area contributed by atoms with E-state index in [1.807, 2.05) is 6.92 Å². The molecule has 0 radical (unpaired) electrons.